The lowest BCUT2D eigenvalue weighted by molar-refractivity contribution is -0.114. The topological polar surface area (TPSA) is 17.1 Å². The smallest absolute Gasteiger partial charge is 0.228 e. The van der Waals surface area contributed by atoms with Crippen LogP contribution in [0.25, 0.3) is 0 Å². The highest BCUT2D eigenvalue weighted by molar-refractivity contribution is 6.64. The second-order valence-corrected chi connectivity index (χ2v) is 3.34. The summed E-state index contributed by atoms with van der Waals surface area (Å²) in [5.41, 5.74) is 0. The first-order valence-electron chi connectivity index (χ1n) is 4.69. The number of hydrogen-bond acceptors (Lipinski definition) is 1. The summed E-state index contributed by atoms with van der Waals surface area (Å²) in [4.78, 5) is 10.9. The summed E-state index contributed by atoms with van der Waals surface area (Å²) in [5, 5.41) is -0.256. The van der Waals surface area contributed by atoms with Crippen molar-refractivity contribution in [3.05, 3.63) is 24.8 Å². The monoisotopic (exact) mass is 200 g/mol. The van der Waals surface area contributed by atoms with Gasteiger partial charge in [-0.3, -0.25) is 4.79 Å². The molecule has 0 aliphatic rings. The Morgan fingerprint density at radius 3 is 2.77 bits per heavy atom. The van der Waals surface area contributed by atoms with E-state index < -0.39 is 0 Å². The molecule has 74 valence electrons. The number of carbonyl (C=O) groups is 1. The molecule has 1 nitrogen and oxygen atoms in total. The molecule has 0 aromatic carbocycles. The third-order valence-corrected chi connectivity index (χ3v) is 2.10. The van der Waals surface area contributed by atoms with Gasteiger partial charge in [0.2, 0.25) is 5.24 Å². The molecule has 1 unspecified atom stereocenters. The van der Waals surface area contributed by atoms with Gasteiger partial charge in [-0.1, -0.05) is 25.2 Å². The minimum atomic E-state index is -0.256. The van der Waals surface area contributed by atoms with Gasteiger partial charge in [-0.2, -0.15) is 0 Å². The largest absolute Gasteiger partial charge is 0.281 e. The molecule has 0 aliphatic carbocycles. The second kappa shape index (κ2) is 8.06. The molecule has 1 atom stereocenters. The number of carbonyl (C=O) groups excluding carboxylic acids is 1. The van der Waals surface area contributed by atoms with Gasteiger partial charge in [0.15, 0.2) is 0 Å². The fraction of sp³-hybridized carbons (Fsp3) is 0.545. The van der Waals surface area contributed by atoms with Gasteiger partial charge < -0.3 is 0 Å². The lowest BCUT2D eigenvalue weighted by Crippen LogP contribution is -2.05. The number of unbranched alkanes of at least 4 members (excludes halogenated alkanes) is 1. The first-order valence-corrected chi connectivity index (χ1v) is 5.07. The molecule has 0 saturated heterocycles. The van der Waals surface area contributed by atoms with Gasteiger partial charge in [-0.05, 0) is 37.3 Å². The lowest BCUT2D eigenvalue weighted by Gasteiger charge is -2.05. The van der Waals surface area contributed by atoms with E-state index in [0.717, 1.165) is 25.7 Å². The van der Waals surface area contributed by atoms with E-state index in [4.69, 9.17) is 11.6 Å². The molecule has 0 bridgehead atoms. The number of hydrogen-bond donors (Lipinski definition) is 0. The molecular formula is C11H17ClO. The molecule has 0 aromatic rings. The quantitative estimate of drug-likeness (QED) is 0.348. The number of rotatable bonds is 7. The predicted molar refractivity (Wildman–Crippen MR) is 57.8 cm³/mol. The van der Waals surface area contributed by atoms with Crippen LogP contribution in [0.2, 0.25) is 0 Å². The fourth-order valence-corrected chi connectivity index (χ4v) is 1.25. The van der Waals surface area contributed by atoms with Crippen molar-refractivity contribution in [1.82, 2.24) is 0 Å². The van der Waals surface area contributed by atoms with Crippen LogP contribution < -0.4 is 0 Å². The van der Waals surface area contributed by atoms with Gasteiger partial charge in [0, 0.05) is 0 Å². The molecule has 0 radical (unpaired) electrons. The van der Waals surface area contributed by atoms with E-state index in [0.29, 0.717) is 0 Å². The Hall–Kier alpha value is -0.560. The maximum Gasteiger partial charge on any atom is 0.228 e. The fourth-order valence-electron chi connectivity index (χ4n) is 1.07. The van der Waals surface area contributed by atoms with Crippen molar-refractivity contribution < 1.29 is 4.79 Å². The van der Waals surface area contributed by atoms with Gasteiger partial charge in [-0.15, -0.1) is 6.58 Å². The summed E-state index contributed by atoms with van der Waals surface area (Å²) in [5.74, 6) is -0.110. The van der Waals surface area contributed by atoms with Crippen LogP contribution in [-0.2, 0) is 4.79 Å². The van der Waals surface area contributed by atoms with Crippen molar-refractivity contribution in [3.63, 3.8) is 0 Å². The zero-order chi connectivity index (χ0) is 10.1. The highest BCUT2D eigenvalue weighted by atomic mass is 35.5. The summed E-state index contributed by atoms with van der Waals surface area (Å²) in [6, 6.07) is 0. The van der Waals surface area contributed by atoms with E-state index in [1.165, 1.54) is 0 Å². The Morgan fingerprint density at radius 1 is 1.62 bits per heavy atom. The van der Waals surface area contributed by atoms with Gasteiger partial charge in [0.05, 0.1) is 5.92 Å². The average Bonchev–Trinajstić information content (AvgIpc) is 2.10. The first kappa shape index (κ1) is 12.4. The zero-order valence-corrected chi connectivity index (χ0v) is 8.89. The third-order valence-electron chi connectivity index (χ3n) is 1.82. The Morgan fingerprint density at radius 2 is 2.31 bits per heavy atom. The maximum atomic E-state index is 10.9. The Balaban J connectivity index is 3.87. The second-order valence-electron chi connectivity index (χ2n) is 2.97. The van der Waals surface area contributed by atoms with Crippen LogP contribution in [0, 0.1) is 5.92 Å². The maximum absolute atomic E-state index is 10.9. The van der Waals surface area contributed by atoms with Crippen LogP contribution in [-0.4, -0.2) is 5.24 Å². The minimum Gasteiger partial charge on any atom is -0.281 e. The molecule has 0 aromatic heterocycles. The number of allylic oxidation sites excluding steroid dienone is 3. The van der Waals surface area contributed by atoms with Crippen molar-refractivity contribution in [2.75, 3.05) is 0 Å². The molecule has 0 spiro atoms. The Labute approximate surface area is 85.5 Å². The average molecular weight is 201 g/mol. The summed E-state index contributed by atoms with van der Waals surface area (Å²) in [7, 11) is 0. The zero-order valence-electron chi connectivity index (χ0n) is 8.13. The first-order chi connectivity index (χ1) is 6.22. The summed E-state index contributed by atoms with van der Waals surface area (Å²) in [6.45, 7) is 5.67. The lowest BCUT2D eigenvalue weighted by atomic mass is 10.0. The Bertz CT molecular complexity index is 185. The van der Waals surface area contributed by atoms with Gasteiger partial charge in [-0.25, -0.2) is 0 Å². The third kappa shape index (κ3) is 6.59. The number of halogens is 1. The molecular weight excluding hydrogens is 184 g/mol. The van der Waals surface area contributed by atoms with Gasteiger partial charge >= 0.3 is 0 Å². The molecule has 0 heterocycles. The molecule has 13 heavy (non-hydrogen) atoms. The van der Waals surface area contributed by atoms with Crippen LogP contribution in [0.5, 0.6) is 0 Å². The van der Waals surface area contributed by atoms with Crippen LogP contribution >= 0.6 is 11.6 Å². The van der Waals surface area contributed by atoms with Crippen LogP contribution in [0.3, 0.4) is 0 Å². The molecule has 0 amide bonds. The van der Waals surface area contributed by atoms with Crippen LogP contribution in [0.1, 0.15) is 32.6 Å². The molecule has 0 N–H and O–H groups in total. The van der Waals surface area contributed by atoms with Gasteiger partial charge in [0.25, 0.3) is 0 Å². The van der Waals surface area contributed by atoms with Crippen LogP contribution in [0.15, 0.2) is 24.8 Å². The molecule has 0 fully saturated rings. The van der Waals surface area contributed by atoms with E-state index in [9.17, 15) is 4.79 Å². The standard InChI is InChI=1S/C11H17ClO/c1-3-5-7-9-10(11(12)13)8-6-4-2/h3,6,8,10H,1,4-5,7,9H2,2H3/b8-6+. The van der Waals surface area contributed by atoms with E-state index >= 15 is 0 Å². The van der Waals surface area contributed by atoms with E-state index in [2.05, 4.69) is 6.58 Å². The van der Waals surface area contributed by atoms with Crippen molar-refractivity contribution in [2.24, 2.45) is 5.92 Å². The van der Waals surface area contributed by atoms with E-state index in [-0.39, 0.29) is 11.2 Å². The van der Waals surface area contributed by atoms with Crippen molar-refractivity contribution in [2.45, 2.75) is 32.6 Å². The molecule has 0 saturated carbocycles. The molecule has 2 heteroatoms. The summed E-state index contributed by atoms with van der Waals surface area (Å²) in [6.07, 6.45) is 9.44. The molecule has 0 aliphatic heterocycles. The minimum absolute atomic E-state index is 0.110. The highest BCUT2D eigenvalue weighted by Crippen LogP contribution is 2.14. The normalized spacial score (nSPS) is 13.1. The van der Waals surface area contributed by atoms with Crippen LogP contribution in [0.4, 0.5) is 0 Å². The van der Waals surface area contributed by atoms with E-state index in [1.807, 2.05) is 25.2 Å². The summed E-state index contributed by atoms with van der Waals surface area (Å²) >= 11 is 5.44. The van der Waals surface area contributed by atoms with Crippen molar-refractivity contribution >= 4 is 16.8 Å². The predicted octanol–water partition coefficient (Wildman–Crippen LogP) is 3.69. The SMILES string of the molecule is C=CCCCC(/C=C/CC)C(=O)Cl. The molecule has 0 rings (SSSR count). The Kier molecular flexibility index (Phi) is 7.71. The highest BCUT2D eigenvalue weighted by Gasteiger charge is 2.10. The summed E-state index contributed by atoms with van der Waals surface area (Å²) < 4.78 is 0. The van der Waals surface area contributed by atoms with Crippen molar-refractivity contribution in [3.8, 4) is 0 Å². The van der Waals surface area contributed by atoms with Gasteiger partial charge in [0.1, 0.15) is 0 Å². The van der Waals surface area contributed by atoms with E-state index in [1.54, 1.807) is 0 Å². The van der Waals surface area contributed by atoms with Crippen molar-refractivity contribution in [1.29, 1.82) is 0 Å².